The lowest BCUT2D eigenvalue weighted by atomic mass is 9.69. The minimum absolute atomic E-state index is 0.00323. The van der Waals surface area contributed by atoms with Crippen LogP contribution in [0, 0.1) is 16.0 Å². The van der Waals surface area contributed by atoms with E-state index >= 15 is 0 Å². The van der Waals surface area contributed by atoms with Crippen LogP contribution in [-0.2, 0) is 15.6 Å². The zero-order chi connectivity index (χ0) is 22.4. The fourth-order valence-corrected chi connectivity index (χ4v) is 7.27. The van der Waals surface area contributed by atoms with Crippen molar-refractivity contribution in [2.24, 2.45) is 5.92 Å². The van der Waals surface area contributed by atoms with Crippen LogP contribution in [0.15, 0.2) is 12.1 Å². The molecule has 162 valence electrons. The van der Waals surface area contributed by atoms with E-state index in [1.54, 1.807) is 27.7 Å². The number of nitrogens with zero attached hydrogens (tertiary/aromatic N) is 1. The second kappa shape index (κ2) is 8.06. The summed E-state index contributed by atoms with van der Waals surface area (Å²) in [7, 11) is -9.86. The molecule has 1 aromatic carbocycles. The Labute approximate surface area is 168 Å². The van der Waals surface area contributed by atoms with Crippen LogP contribution in [0.2, 0.25) is 0 Å². The summed E-state index contributed by atoms with van der Waals surface area (Å²) in [5.74, 6) is -1.09. The van der Waals surface area contributed by atoms with Gasteiger partial charge in [-0.15, -0.1) is 0 Å². The largest absolute Gasteiger partial charge is 0.357 e. The van der Waals surface area contributed by atoms with Crippen molar-refractivity contribution in [3.05, 3.63) is 38.2 Å². The molecule has 1 aliphatic rings. The highest BCUT2D eigenvalue weighted by Gasteiger charge is 2.57. The number of fused-ring (bicyclic) bond motifs is 1. The topological polar surface area (TPSA) is 158 Å². The van der Waals surface area contributed by atoms with Gasteiger partial charge in [0.05, 0.1) is 16.5 Å². The van der Waals surface area contributed by atoms with Crippen LogP contribution in [0.4, 0.5) is 0 Å². The Hall–Kier alpha value is -1.34. The van der Waals surface area contributed by atoms with E-state index in [9.17, 15) is 38.8 Å². The van der Waals surface area contributed by atoms with Crippen molar-refractivity contribution in [3.8, 4) is 0 Å². The molecule has 29 heavy (non-hydrogen) atoms. The highest BCUT2D eigenvalue weighted by molar-refractivity contribution is 7.62. The van der Waals surface area contributed by atoms with E-state index in [4.69, 9.17) is 0 Å². The summed E-state index contributed by atoms with van der Waals surface area (Å²) >= 11 is 0. The average Bonchev–Trinajstić information content (AvgIpc) is 2.62. The lowest BCUT2D eigenvalue weighted by Crippen LogP contribution is -2.58. The van der Waals surface area contributed by atoms with E-state index in [1.165, 1.54) is 12.1 Å². The molecule has 0 spiro atoms. The van der Waals surface area contributed by atoms with Crippen LogP contribution in [0.1, 0.15) is 52.5 Å². The molecular weight excluding hydrogens is 420 g/mol. The Balaban J connectivity index is 3.44. The van der Waals surface area contributed by atoms with E-state index < -0.39 is 36.9 Å². The Morgan fingerprint density at radius 1 is 1.03 bits per heavy atom. The maximum absolute atomic E-state index is 12.5. The maximum Gasteiger partial charge on any atom is 0.357 e. The fourth-order valence-electron chi connectivity index (χ4n) is 4.81. The predicted molar refractivity (Wildman–Crippen MR) is 110 cm³/mol. The smallest absolute Gasteiger partial charge is 0.321 e. The molecule has 0 aromatic heterocycles. The molecule has 4 N–H and O–H groups in total. The van der Waals surface area contributed by atoms with Gasteiger partial charge < -0.3 is 19.6 Å². The molecule has 0 radical (unpaired) electrons. The van der Waals surface area contributed by atoms with Crippen molar-refractivity contribution >= 4 is 31.4 Å². The summed E-state index contributed by atoms with van der Waals surface area (Å²) in [5, 5.41) is 11.5. The van der Waals surface area contributed by atoms with Crippen LogP contribution in [0.5, 0.6) is 0 Å². The van der Waals surface area contributed by atoms with Gasteiger partial charge in [-0.05, 0) is 30.0 Å². The zero-order valence-corrected chi connectivity index (χ0v) is 18.6. The maximum atomic E-state index is 12.5. The second-order valence-corrected chi connectivity index (χ2v) is 10.3. The van der Waals surface area contributed by atoms with Crippen LogP contribution in [0.25, 0.3) is 10.9 Å². The Morgan fingerprint density at radius 2 is 1.62 bits per heavy atom. The molecule has 2 unspecified atom stereocenters. The Bertz CT molecular complexity index is 1050. The minimum atomic E-state index is -4.97. The number of benzene rings is 1. The first-order valence-electron chi connectivity index (χ1n) is 9.49. The van der Waals surface area contributed by atoms with Crippen molar-refractivity contribution in [1.29, 1.82) is 0 Å². The van der Waals surface area contributed by atoms with Crippen LogP contribution in [0.3, 0.4) is 0 Å². The Morgan fingerprint density at radius 3 is 1.97 bits per heavy atom. The summed E-state index contributed by atoms with van der Waals surface area (Å²) < 4.78 is 24.9. The van der Waals surface area contributed by atoms with E-state index in [1.807, 2.05) is 0 Å². The molecular formula is C18H27NO8P2. The second-order valence-electron chi connectivity index (χ2n) is 7.15. The molecule has 0 fully saturated rings. The van der Waals surface area contributed by atoms with E-state index in [0.29, 0.717) is 5.56 Å². The van der Waals surface area contributed by atoms with Gasteiger partial charge in [-0.2, -0.15) is 0 Å². The number of hydrogen-bond donors (Lipinski definition) is 4. The molecule has 11 heteroatoms. The van der Waals surface area contributed by atoms with Gasteiger partial charge in [0.1, 0.15) is 0 Å². The third kappa shape index (κ3) is 3.65. The highest BCUT2D eigenvalue weighted by atomic mass is 31.2. The van der Waals surface area contributed by atoms with Crippen molar-refractivity contribution in [2.75, 3.05) is 0 Å². The standard InChI is InChI=1S/C18H27NO8P2/c1-5-11-9-10-12-15(16(11)28(22,23)24)13(6-2)18(8-4,19(20)21)14(7-3)17(12)29(25,26)27/h9-10,14H,5-8H2,1-4H3,(H2,22,23,24)(H2,25,26,27). The normalized spacial score (nSPS) is 22.6. The summed E-state index contributed by atoms with van der Waals surface area (Å²) in [6.45, 7) is 6.53. The SMILES string of the molecule is CCC1=c2c(P(=O)(O)O)c(CC)ccc2=C(P(=O)(O)O)C(CC)C1(CC)[N+](=O)[O-]. The summed E-state index contributed by atoms with van der Waals surface area (Å²) in [5.41, 5.74) is -1.35. The monoisotopic (exact) mass is 447 g/mol. The molecule has 9 nitrogen and oxygen atoms in total. The average molecular weight is 447 g/mol. The quantitative estimate of drug-likeness (QED) is 0.277. The molecule has 0 heterocycles. The highest BCUT2D eigenvalue weighted by Crippen LogP contribution is 2.57. The van der Waals surface area contributed by atoms with E-state index in [2.05, 4.69) is 0 Å². The minimum Gasteiger partial charge on any atom is -0.321 e. The van der Waals surface area contributed by atoms with Gasteiger partial charge in [-0.25, -0.2) is 0 Å². The zero-order valence-electron chi connectivity index (χ0n) is 16.8. The number of nitro groups is 1. The first-order valence-corrected chi connectivity index (χ1v) is 12.7. The van der Waals surface area contributed by atoms with Gasteiger partial charge in [0, 0.05) is 22.1 Å². The van der Waals surface area contributed by atoms with Gasteiger partial charge >= 0.3 is 15.2 Å². The molecule has 0 saturated heterocycles. The molecule has 0 bridgehead atoms. The first kappa shape index (κ1) is 23.9. The lowest BCUT2D eigenvalue weighted by Gasteiger charge is -2.38. The van der Waals surface area contributed by atoms with Crippen molar-refractivity contribution in [3.63, 3.8) is 0 Å². The number of aryl methyl sites for hydroxylation is 1. The van der Waals surface area contributed by atoms with Crippen molar-refractivity contribution in [1.82, 2.24) is 0 Å². The molecule has 0 aliphatic heterocycles. The summed E-state index contributed by atoms with van der Waals surface area (Å²) in [6.07, 6.45) is 0.401. The number of rotatable bonds is 7. The molecule has 2 atom stereocenters. The van der Waals surface area contributed by atoms with Gasteiger partial charge in [0.15, 0.2) is 0 Å². The molecule has 0 amide bonds. The first-order chi connectivity index (χ1) is 13.3. The van der Waals surface area contributed by atoms with Crippen molar-refractivity contribution in [2.45, 2.75) is 58.9 Å². The van der Waals surface area contributed by atoms with Gasteiger partial charge in [-0.3, -0.25) is 19.2 Å². The van der Waals surface area contributed by atoms with Crippen LogP contribution in [-0.4, -0.2) is 30.0 Å². The van der Waals surface area contributed by atoms with Gasteiger partial charge in [0.2, 0.25) is 0 Å². The molecule has 0 saturated carbocycles. The third-order valence-corrected chi connectivity index (χ3v) is 8.15. The molecule has 1 aliphatic carbocycles. The molecule has 2 rings (SSSR count). The van der Waals surface area contributed by atoms with E-state index in [-0.39, 0.29) is 47.0 Å². The Kier molecular flexibility index (Phi) is 6.65. The molecule has 1 aromatic rings. The van der Waals surface area contributed by atoms with Crippen molar-refractivity contribution < 1.29 is 33.6 Å². The fraction of sp³-hybridized carbons (Fsp3) is 0.556. The lowest BCUT2D eigenvalue weighted by molar-refractivity contribution is -0.560. The summed E-state index contributed by atoms with van der Waals surface area (Å²) in [6, 6.07) is 2.87. The summed E-state index contributed by atoms with van der Waals surface area (Å²) in [4.78, 5) is 52.3. The van der Waals surface area contributed by atoms with E-state index in [0.717, 1.165) is 0 Å². The van der Waals surface area contributed by atoms with Crippen LogP contribution < -0.4 is 15.7 Å². The van der Waals surface area contributed by atoms with Crippen LogP contribution >= 0.6 is 15.2 Å². The predicted octanol–water partition coefficient (Wildman–Crippen LogP) is 1.36. The number of hydrogen-bond acceptors (Lipinski definition) is 4. The van der Waals surface area contributed by atoms with Gasteiger partial charge in [-0.1, -0.05) is 39.8 Å². The van der Waals surface area contributed by atoms with Gasteiger partial charge in [0.25, 0.3) is 5.54 Å². The third-order valence-electron chi connectivity index (χ3n) is 5.88.